The van der Waals surface area contributed by atoms with E-state index in [0.29, 0.717) is 11.1 Å². The second-order valence-electron chi connectivity index (χ2n) is 2.68. The summed E-state index contributed by atoms with van der Waals surface area (Å²) in [6.45, 7) is 0. The van der Waals surface area contributed by atoms with E-state index in [9.17, 15) is 14.4 Å². The van der Waals surface area contributed by atoms with Gasteiger partial charge in [-0.05, 0) is 0 Å². The molecular formula is C8H9NO6. The summed E-state index contributed by atoms with van der Waals surface area (Å²) < 4.78 is 4.27. The number of carbonyl (C=O) groups is 3. The highest BCUT2D eigenvalue weighted by Gasteiger charge is 2.32. The molecule has 1 N–H and O–H groups in total. The predicted octanol–water partition coefficient (Wildman–Crippen LogP) is -0.361. The zero-order chi connectivity index (χ0) is 11.4. The van der Waals surface area contributed by atoms with Gasteiger partial charge in [0.1, 0.15) is 6.08 Å². The minimum absolute atomic E-state index is 0.0199. The number of carbonyl (C=O) groups excluding carboxylic acids is 3. The normalized spacial score (nSPS) is 16.9. The van der Waals surface area contributed by atoms with Crippen molar-refractivity contribution in [3.63, 3.8) is 0 Å². The summed E-state index contributed by atoms with van der Waals surface area (Å²) in [6, 6.07) is 0. The molecule has 0 unspecified atom stereocenters. The molecule has 1 fully saturated rings. The molecule has 82 valence electrons. The van der Waals surface area contributed by atoms with E-state index in [1.165, 1.54) is 0 Å². The molecule has 0 spiro atoms. The highest BCUT2D eigenvalue weighted by Crippen LogP contribution is 2.12. The van der Waals surface area contributed by atoms with E-state index in [2.05, 4.69) is 9.57 Å². The lowest BCUT2D eigenvalue weighted by atomic mass is 10.4. The van der Waals surface area contributed by atoms with E-state index in [-0.39, 0.29) is 12.8 Å². The molecule has 0 aromatic heterocycles. The van der Waals surface area contributed by atoms with E-state index in [4.69, 9.17) is 5.11 Å². The molecule has 0 saturated carbocycles. The number of hydroxylamine groups is 2. The Morgan fingerprint density at radius 2 is 1.93 bits per heavy atom. The Kier molecular flexibility index (Phi) is 3.27. The van der Waals surface area contributed by atoms with Gasteiger partial charge < -0.3 is 14.7 Å². The van der Waals surface area contributed by atoms with E-state index in [0.717, 1.165) is 7.11 Å². The van der Waals surface area contributed by atoms with Crippen LogP contribution in [0.1, 0.15) is 12.8 Å². The maximum absolute atomic E-state index is 11.0. The number of methoxy groups -OCH3 is 1. The number of nitrogens with zero attached hydrogens (tertiary/aromatic N) is 1. The third kappa shape index (κ3) is 2.70. The third-order valence-electron chi connectivity index (χ3n) is 1.64. The van der Waals surface area contributed by atoms with Crippen molar-refractivity contribution in [2.75, 3.05) is 7.11 Å². The lowest BCUT2D eigenvalue weighted by Gasteiger charge is -2.10. The van der Waals surface area contributed by atoms with Gasteiger partial charge in [0.25, 0.3) is 17.8 Å². The van der Waals surface area contributed by atoms with Gasteiger partial charge in [-0.2, -0.15) is 0 Å². The molecule has 0 atom stereocenters. The first kappa shape index (κ1) is 11.0. The van der Waals surface area contributed by atoms with Crippen molar-refractivity contribution in [1.82, 2.24) is 5.06 Å². The summed E-state index contributed by atoms with van der Waals surface area (Å²) in [5, 5.41) is 9.16. The average molecular weight is 215 g/mol. The van der Waals surface area contributed by atoms with E-state index >= 15 is 0 Å². The number of ether oxygens (including phenoxy) is 1. The molecular weight excluding hydrogens is 206 g/mol. The number of rotatable bonds is 3. The van der Waals surface area contributed by atoms with Crippen LogP contribution in [0.15, 0.2) is 12.0 Å². The third-order valence-corrected chi connectivity index (χ3v) is 1.64. The zero-order valence-electron chi connectivity index (χ0n) is 7.93. The summed E-state index contributed by atoms with van der Waals surface area (Å²) in [7, 11) is 1.14. The Hall–Kier alpha value is -2.05. The van der Waals surface area contributed by atoms with Crippen LogP contribution in [-0.2, 0) is 24.0 Å². The van der Waals surface area contributed by atoms with Crippen molar-refractivity contribution in [2.45, 2.75) is 12.8 Å². The summed E-state index contributed by atoms with van der Waals surface area (Å²) in [6.07, 6.45) is 0.650. The monoisotopic (exact) mass is 215 g/mol. The van der Waals surface area contributed by atoms with Crippen LogP contribution >= 0.6 is 0 Å². The molecule has 0 aromatic rings. The first-order chi connectivity index (χ1) is 7.04. The van der Waals surface area contributed by atoms with Crippen LogP contribution in [-0.4, -0.2) is 35.1 Å². The Morgan fingerprint density at radius 3 is 2.40 bits per heavy atom. The number of imide groups is 1. The fraction of sp³-hybridized carbons (Fsp3) is 0.375. The molecule has 2 amide bonds. The van der Waals surface area contributed by atoms with Gasteiger partial charge in [-0.25, -0.2) is 4.79 Å². The average Bonchev–Trinajstić information content (AvgIpc) is 2.49. The maximum atomic E-state index is 11.0. The number of amides is 2. The molecule has 0 bridgehead atoms. The van der Waals surface area contributed by atoms with Gasteiger partial charge >= 0.3 is 5.97 Å². The van der Waals surface area contributed by atoms with Crippen LogP contribution < -0.4 is 0 Å². The van der Waals surface area contributed by atoms with E-state index in [1.807, 2.05) is 0 Å². The Labute approximate surface area is 84.8 Å². The molecule has 0 aromatic carbocycles. The molecule has 1 rings (SSSR count). The molecule has 1 aliphatic rings. The van der Waals surface area contributed by atoms with Gasteiger partial charge in [-0.1, -0.05) is 0 Å². The van der Waals surface area contributed by atoms with Crippen molar-refractivity contribution in [1.29, 1.82) is 0 Å². The van der Waals surface area contributed by atoms with Gasteiger partial charge in [0.15, 0.2) is 0 Å². The molecule has 1 aliphatic heterocycles. The Morgan fingerprint density at radius 1 is 1.40 bits per heavy atom. The van der Waals surface area contributed by atoms with Crippen LogP contribution in [0.4, 0.5) is 0 Å². The SMILES string of the molecule is COC(O)=CC(=O)ON1C(=O)CCC1=O. The topological polar surface area (TPSA) is 93.1 Å². The van der Waals surface area contributed by atoms with Gasteiger partial charge in [0.2, 0.25) is 0 Å². The van der Waals surface area contributed by atoms with Gasteiger partial charge in [0.05, 0.1) is 7.11 Å². The summed E-state index contributed by atoms with van der Waals surface area (Å²) in [4.78, 5) is 37.3. The van der Waals surface area contributed by atoms with Crippen molar-refractivity contribution in [3.05, 3.63) is 12.0 Å². The minimum atomic E-state index is -1.06. The van der Waals surface area contributed by atoms with Crippen LogP contribution in [0.2, 0.25) is 0 Å². The predicted molar refractivity (Wildman–Crippen MR) is 44.9 cm³/mol. The quantitative estimate of drug-likeness (QED) is 0.392. The first-order valence-corrected chi connectivity index (χ1v) is 4.07. The second-order valence-corrected chi connectivity index (χ2v) is 2.68. The van der Waals surface area contributed by atoms with Crippen molar-refractivity contribution in [2.24, 2.45) is 0 Å². The number of hydrogen-bond donors (Lipinski definition) is 1. The molecule has 7 heteroatoms. The Balaban J connectivity index is 2.58. The van der Waals surface area contributed by atoms with E-state index in [1.54, 1.807) is 0 Å². The number of aliphatic hydroxyl groups excluding tert-OH is 1. The fourth-order valence-corrected chi connectivity index (χ4v) is 0.934. The van der Waals surface area contributed by atoms with Crippen LogP contribution in [0.25, 0.3) is 0 Å². The van der Waals surface area contributed by atoms with Gasteiger partial charge in [-0.3, -0.25) is 9.59 Å². The second kappa shape index (κ2) is 4.45. The molecule has 0 radical (unpaired) electrons. The minimum Gasteiger partial charge on any atom is -0.481 e. The zero-order valence-corrected chi connectivity index (χ0v) is 7.93. The van der Waals surface area contributed by atoms with Crippen molar-refractivity contribution in [3.8, 4) is 0 Å². The highest BCUT2D eigenvalue weighted by atomic mass is 16.7. The largest absolute Gasteiger partial charge is 0.481 e. The Bertz CT molecular complexity index is 318. The van der Waals surface area contributed by atoms with Crippen molar-refractivity contribution >= 4 is 17.8 Å². The summed E-state index contributed by atoms with van der Waals surface area (Å²) in [5.74, 6) is -2.89. The smallest absolute Gasteiger partial charge is 0.363 e. The number of hydrogen-bond acceptors (Lipinski definition) is 6. The highest BCUT2D eigenvalue weighted by molar-refractivity contribution is 6.02. The summed E-state index contributed by atoms with van der Waals surface area (Å²) >= 11 is 0. The van der Waals surface area contributed by atoms with Gasteiger partial charge in [0, 0.05) is 12.8 Å². The first-order valence-electron chi connectivity index (χ1n) is 4.07. The van der Waals surface area contributed by atoms with Crippen LogP contribution in [0.3, 0.4) is 0 Å². The molecule has 15 heavy (non-hydrogen) atoms. The van der Waals surface area contributed by atoms with Crippen LogP contribution in [0.5, 0.6) is 0 Å². The molecule has 1 saturated heterocycles. The van der Waals surface area contributed by atoms with E-state index < -0.39 is 23.7 Å². The molecule has 0 aliphatic carbocycles. The standard InChI is InChI=1S/C8H9NO6/c1-14-7(12)4-8(13)15-9-5(10)2-3-6(9)11/h4,12H,2-3H2,1H3. The van der Waals surface area contributed by atoms with Crippen molar-refractivity contribution < 1.29 is 29.1 Å². The lowest BCUT2D eigenvalue weighted by Crippen LogP contribution is -2.31. The van der Waals surface area contributed by atoms with Gasteiger partial charge in [-0.15, -0.1) is 5.06 Å². The molecule has 7 nitrogen and oxygen atoms in total. The summed E-state index contributed by atoms with van der Waals surface area (Å²) in [5.41, 5.74) is 0. The van der Waals surface area contributed by atoms with Crippen LogP contribution in [0, 0.1) is 0 Å². The maximum Gasteiger partial charge on any atom is 0.363 e. The fourth-order valence-electron chi connectivity index (χ4n) is 0.934. The molecule has 1 heterocycles. The number of aliphatic hydroxyl groups is 1. The lowest BCUT2D eigenvalue weighted by molar-refractivity contribution is -0.193.